The van der Waals surface area contributed by atoms with E-state index in [4.69, 9.17) is 10.9 Å². The molecule has 174 valence electrons. The van der Waals surface area contributed by atoms with Crippen molar-refractivity contribution in [2.75, 3.05) is 10.0 Å². The third-order valence-electron chi connectivity index (χ3n) is 4.52. The standard InChI is InChI=1S/C20H17F4N5O3S/c1-9-2-3-14(13(21)6-9)28-18-12(19(25)30)8-11(15(22)17(18)24)7-10-4-5-27-20(16(10)23)29-33(26,31)32/h2-6,8,28H,7H2,1H3,(H2,25,30)(H,27,29)(H2,26,31,32). The Labute approximate surface area is 185 Å². The normalized spacial score (nSPS) is 11.3. The topological polar surface area (TPSA) is 140 Å². The zero-order chi connectivity index (χ0) is 24.5. The third-order valence-corrected chi connectivity index (χ3v) is 5.00. The van der Waals surface area contributed by atoms with Crippen LogP contribution in [0.1, 0.15) is 27.0 Å². The first kappa shape index (κ1) is 23.9. The van der Waals surface area contributed by atoms with Gasteiger partial charge in [-0.3, -0.25) is 9.52 Å². The molecule has 0 radical (unpaired) electrons. The zero-order valence-corrected chi connectivity index (χ0v) is 17.7. The lowest BCUT2D eigenvalue weighted by molar-refractivity contribution is 0.100. The molecule has 0 aliphatic heterocycles. The number of aryl methyl sites for hydroxylation is 1. The number of aromatic nitrogens is 1. The number of hydrogen-bond acceptors (Lipinski definition) is 5. The van der Waals surface area contributed by atoms with E-state index in [-0.39, 0.29) is 11.3 Å². The SMILES string of the molecule is Cc1ccc(Nc2c(C(N)=O)cc(Cc3ccnc(NS(N)(=O)=O)c3F)c(F)c2F)c(F)c1. The summed E-state index contributed by atoms with van der Waals surface area (Å²) in [6.07, 6.45) is 0.418. The van der Waals surface area contributed by atoms with Crippen molar-refractivity contribution < 1.29 is 30.8 Å². The number of pyridine rings is 1. The summed E-state index contributed by atoms with van der Waals surface area (Å²) in [7, 11) is -4.35. The number of carbonyl (C=O) groups excluding carboxylic acids is 1. The fourth-order valence-corrected chi connectivity index (χ4v) is 3.42. The average molecular weight is 483 g/mol. The lowest BCUT2D eigenvalue weighted by Gasteiger charge is -2.16. The highest BCUT2D eigenvalue weighted by molar-refractivity contribution is 7.90. The average Bonchev–Trinajstić information content (AvgIpc) is 2.70. The number of nitrogens with zero attached hydrogens (tertiary/aromatic N) is 1. The van der Waals surface area contributed by atoms with E-state index in [0.29, 0.717) is 5.56 Å². The van der Waals surface area contributed by atoms with Gasteiger partial charge in [0.2, 0.25) is 0 Å². The minimum absolute atomic E-state index is 0.229. The molecule has 2 aromatic carbocycles. The number of hydrogen-bond donors (Lipinski definition) is 4. The number of anilines is 3. The number of primary amides is 1. The number of amides is 1. The van der Waals surface area contributed by atoms with Crippen molar-refractivity contribution in [2.45, 2.75) is 13.3 Å². The van der Waals surface area contributed by atoms with Gasteiger partial charge in [0.15, 0.2) is 23.3 Å². The quantitative estimate of drug-likeness (QED) is 0.383. The van der Waals surface area contributed by atoms with Gasteiger partial charge >= 0.3 is 0 Å². The van der Waals surface area contributed by atoms with Crippen molar-refractivity contribution in [3.05, 3.63) is 82.1 Å². The maximum atomic E-state index is 14.9. The second-order valence-electron chi connectivity index (χ2n) is 7.02. The van der Waals surface area contributed by atoms with Crippen LogP contribution in [0.2, 0.25) is 0 Å². The van der Waals surface area contributed by atoms with Gasteiger partial charge in [-0.25, -0.2) is 27.7 Å². The van der Waals surface area contributed by atoms with Crippen molar-refractivity contribution in [3.8, 4) is 0 Å². The van der Waals surface area contributed by atoms with E-state index < -0.39 is 68.4 Å². The van der Waals surface area contributed by atoms with Crippen molar-refractivity contribution >= 4 is 33.3 Å². The van der Waals surface area contributed by atoms with Gasteiger partial charge in [0.05, 0.1) is 16.9 Å². The van der Waals surface area contributed by atoms with E-state index in [1.54, 1.807) is 11.6 Å². The van der Waals surface area contributed by atoms with E-state index in [1.807, 2.05) is 0 Å². The Hall–Kier alpha value is -3.71. The highest BCUT2D eigenvalue weighted by atomic mass is 32.2. The Morgan fingerprint density at radius 2 is 1.73 bits per heavy atom. The first-order chi connectivity index (χ1) is 15.4. The van der Waals surface area contributed by atoms with Crippen LogP contribution in [0, 0.1) is 30.2 Å². The number of nitrogens with one attached hydrogen (secondary N) is 2. The molecule has 1 amide bonds. The lowest BCUT2D eigenvalue weighted by Crippen LogP contribution is -2.23. The fraction of sp³-hybridized carbons (Fsp3) is 0.100. The summed E-state index contributed by atoms with van der Waals surface area (Å²) in [6, 6.07) is 5.92. The van der Waals surface area contributed by atoms with Crippen LogP contribution in [0.5, 0.6) is 0 Å². The highest BCUT2D eigenvalue weighted by Crippen LogP contribution is 2.31. The van der Waals surface area contributed by atoms with Gasteiger partial charge in [0.25, 0.3) is 16.1 Å². The molecule has 0 aliphatic carbocycles. The molecule has 1 aromatic heterocycles. The van der Waals surface area contributed by atoms with Gasteiger partial charge in [-0.1, -0.05) is 6.07 Å². The van der Waals surface area contributed by atoms with Crippen molar-refractivity contribution in [2.24, 2.45) is 10.9 Å². The van der Waals surface area contributed by atoms with Crippen molar-refractivity contribution in [1.82, 2.24) is 4.98 Å². The number of carbonyl (C=O) groups is 1. The van der Waals surface area contributed by atoms with Crippen LogP contribution in [0.25, 0.3) is 0 Å². The summed E-state index contributed by atoms with van der Waals surface area (Å²) >= 11 is 0. The Kier molecular flexibility index (Phi) is 6.56. The molecule has 33 heavy (non-hydrogen) atoms. The molecule has 13 heteroatoms. The predicted molar refractivity (Wildman–Crippen MR) is 113 cm³/mol. The lowest BCUT2D eigenvalue weighted by atomic mass is 10.00. The van der Waals surface area contributed by atoms with Gasteiger partial charge in [-0.05, 0) is 47.9 Å². The van der Waals surface area contributed by atoms with E-state index >= 15 is 0 Å². The van der Waals surface area contributed by atoms with Gasteiger partial charge in [0.1, 0.15) is 5.82 Å². The monoisotopic (exact) mass is 483 g/mol. The molecule has 3 rings (SSSR count). The largest absolute Gasteiger partial charge is 0.366 e. The Morgan fingerprint density at radius 3 is 2.33 bits per heavy atom. The molecule has 0 aliphatic rings. The van der Waals surface area contributed by atoms with E-state index in [1.165, 1.54) is 12.1 Å². The van der Waals surface area contributed by atoms with E-state index in [9.17, 15) is 30.8 Å². The molecule has 0 saturated carbocycles. The van der Waals surface area contributed by atoms with Crippen LogP contribution in [-0.2, 0) is 16.6 Å². The number of benzene rings is 2. The summed E-state index contributed by atoms with van der Waals surface area (Å²) in [6.45, 7) is 1.62. The van der Waals surface area contributed by atoms with Crippen LogP contribution in [0.15, 0.2) is 36.5 Å². The van der Waals surface area contributed by atoms with E-state index in [0.717, 1.165) is 24.4 Å². The Morgan fingerprint density at radius 1 is 1.03 bits per heavy atom. The Bertz CT molecular complexity index is 1370. The smallest absolute Gasteiger partial charge is 0.297 e. The summed E-state index contributed by atoms with van der Waals surface area (Å²) in [4.78, 5) is 15.4. The number of halogens is 4. The molecular weight excluding hydrogens is 466 g/mol. The summed E-state index contributed by atoms with van der Waals surface area (Å²) in [5.74, 6) is -6.86. The van der Waals surface area contributed by atoms with Gasteiger partial charge in [0, 0.05) is 12.6 Å². The maximum absolute atomic E-state index is 14.9. The minimum Gasteiger partial charge on any atom is -0.366 e. The molecule has 0 saturated heterocycles. The molecule has 8 nitrogen and oxygen atoms in total. The minimum atomic E-state index is -4.35. The van der Waals surface area contributed by atoms with Crippen molar-refractivity contribution in [1.29, 1.82) is 0 Å². The summed E-state index contributed by atoms with van der Waals surface area (Å²) < 4.78 is 82.4. The van der Waals surface area contributed by atoms with Crippen molar-refractivity contribution in [3.63, 3.8) is 0 Å². The van der Waals surface area contributed by atoms with Gasteiger partial charge in [-0.15, -0.1) is 0 Å². The first-order valence-electron chi connectivity index (χ1n) is 9.15. The molecule has 0 fully saturated rings. The fourth-order valence-electron chi connectivity index (χ4n) is 3.01. The van der Waals surface area contributed by atoms with Crippen LogP contribution in [0.3, 0.4) is 0 Å². The van der Waals surface area contributed by atoms with Crippen LogP contribution in [-0.4, -0.2) is 19.3 Å². The number of nitrogens with two attached hydrogens (primary N) is 2. The maximum Gasteiger partial charge on any atom is 0.297 e. The van der Waals surface area contributed by atoms with Gasteiger partial charge < -0.3 is 11.1 Å². The molecule has 0 spiro atoms. The molecule has 0 unspecified atom stereocenters. The summed E-state index contributed by atoms with van der Waals surface area (Å²) in [5.41, 5.74) is 3.68. The highest BCUT2D eigenvalue weighted by Gasteiger charge is 2.24. The predicted octanol–water partition coefficient (Wildman–Crippen LogP) is 3.00. The molecule has 3 aromatic rings. The molecule has 1 heterocycles. The Balaban J connectivity index is 2.05. The third kappa shape index (κ3) is 5.38. The van der Waals surface area contributed by atoms with Crippen LogP contribution < -0.4 is 20.9 Å². The molecular formula is C20H17F4N5O3S. The van der Waals surface area contributed by atoms with Gasteiger partial charge in [-0.2, -0.15) is 8.42 Å². The molecule has 0 atom stereocenters. The second-order valence-corrected chi connectivity index (χ2v) is 8.31. The van der Waals surface area contributed by atoms with E-state index in [2.05, 4.69) is 10.3 Å². The first-order valence-corrected chi connectivity index (χ1v) is 10.7. The summed E-state index contributed by atoms with van der Waals surface area (Å²) in [5, 5.41) is 7.13. The van der Waals surface area contributed by atoms with Crippen LogP contribution >= 0.6 is 0 Å². The second kappa shape index (κ2) is 9.03. The van der Waals surface area contributed by atoms with Crippen LogP contribution in [0.4, 0.5) is 34.8 Å². The number of rotatable bonds is 7. The molecule has 6 N–H and O–H groups in total. The zero-order valence-electron chi connectivity index (χ0n) is 16.9. The molecule has 0 bridgehead atoms.